The Kier molecular flexibility index (Phi) is 4.47. The van der Waals surface area contributed by atoms with E-state index in [9.17, 15) is 9.59 Å². The Morgan fingerprint density at radius 1 is 1.33 bits per heavy atom. The van der Waals surface area contributed by atoms with E-state index in [4.69, 9.17) is 9.47 Å². The molecule has 6 nitrogen and oxygen atoms in total. The summed E-state index contributed by atoms with van der Waals surface area (Å²) in [7, 11) is 0. The van der Waals surface area contributed by atoms with Crippen LogP contribution in [0.4, 0.5) is 4.79 Å². The van der Waals surface area contributed by atoms with Crippen LogP contribution >= 0.6 is 12.6 Å². The fourth-order valence-corrected chi connectivity index (χ4v) is 2.39. The molecule has 3 amide bonds. The highest BCUT2D eigenvalue weighted by Crippen LogP contribution is 2.28. The van der Waals surface area contributed by atoms with Crippen LogP contribution in [0.15, 0.2) is 0 Å². The number of hydrogen-bond acceptors (Lipinski definition) is 5. The van der Waals surface area contributed by atoms with E-state index in [2.05, 4.69) is 17.9 Å². The molecule has 2 fully saturated rings. The van der Waals surface area contributed by atoms with Gasteiger partial charge < -0.3 is 14.8 Å². The maximum Gasteiger partial charge on any atom is 0.325 e. The van der Waals surface area contributed by atoms with Gasteiger partial charge in [0.2, 0.25) is 0 Å². The van der Waals surface area contributed by atoms with Gasteiger partial charge in [-0.05, 0) is 0 Å². The van der Waals surface area contributed by atoms with Crippen LogP contribution in [0.1, 0.15) is 12.8 Å². The molecule has 2 rings (SSSR count). The number of hydrogen-bond donors (Lipinski definition) is 2. The quantitative estimate of drug-likeness (QED) is 0.422. The van der Waals surface area contributed by atoms with Crippen molar-refractivity contribution in [2.24, 2.45) is 0 Å². The fourth-order valence-electron chi connectivity index (χ4n) is 2.26. The lowest BCUT2D eigenvalue weighted by Crippen LogP contribution is -2.51. The van der Waals surface area contributed by atoms with Gasteiger partial charge in [-0.15, -0.1) is 0 Å². The van der Waals surface area contributed by atoms with Crippen LogP contribution in [-0.2, 0) is 14.3 Å². The van der Waals surface area contributed by atoms with Crippen molar-refractivity contribution in [3.05, 3.63) is 0 Å². The number of rotatable bonds is 5. The lowest BCUT2D eigenvalue weighted by Gasteiger charge is -2.30. The molecule has 2 saturated heterocycles. The van der Waals surface area contributed by atoms with Gasteiger partial charge in [0.05, 0.1) is 19.8 Å². The summed E-state index contributed by atoms with van der Waals surface area (Å²) in [4.78, 5) is 25.3. The van der Waals surface area contributed by atoms with E-state index in [1.165, 1.54) is 4.90 Å². The van der Waals surface area contributed by atoms with Crippen molar-refractivity contribution in [2.75, 3.05) is 38.7 Å². The Hall–Kier alpha value is -0.790. The number of amides is 3. The molecule has 0 aliphatic carbocycles. The van der Waals surface area contributed by atoms with Crippen LogP contribution in [0.3, 0.4) is 0 Å². The largest absolute Gasteiger partial charge is 0.381 e. The van der Waals surface area contributed by atoms with Gasteiger partial charge in [-0.3, -0.25) is 9.69 Å². The van der Waals surface area contributed by atoms with Crippen molar-refractivity contribution < 1.29 is 19.1 Å². The smallest absolute Gasteiger partial charge is 0.325 e. The zero-order valence-corrected chi connectivity index (χ0v) is 11.1. The second kappa shape index (κ2) is 5.90. The molecule has 7 heteroatoms. The van der Waals surface area contributed by atoms with Crippen LogP contribution in [0.2, 0.25) is 0 Å². The van der Waals surface area contributed by atoms with Crippen LogP contribution in [-0.4, -0.2) is 61.1 Å². The van der Waals surface area contributed by atoms with Gasteiger partial charge in [-0.1, -0.05) is 0 Å². The summed E-state index contributed by atoms with van der Waals surface area (Å²) in [6, 6.07) is -0.323. The number of ether oxygens (including phenoxy) is 2. The minimum Gasteiger partial charge on any atom is -0.381 e. The summed E-state index contributed by atoms with van der Waals surface area (Å²) in [6.45, 7) is 2.19. The number of nitrogens with zero attached hydrogens (tertiary/aromatic N) is 1. The molecule has 1 spiro atoms. The molecular weight excluding hydrogens is 256 g/mol. The molecule has 0 saturated carbocycles. The Balaban J connectivity index is 1.92. The van der Waals surface area contributed by atoms with E-state index in [-0.39, 0.29) is 11.9 Å². The van der Waals surface area contributed by atoms with E-state index < -0.39 is 5.54 Å². The van der Waals surface area contributed by atoms with Gasteiger partial charge in [0.15, 0.2) is 0 Å². The van der Waals surface area contributed by atoms with E-state index in [0.29, 0.717) is 51.6 Å². The molecule has 1 N–H and O–H groups in total. The lowest BCUT2D eigenvalue weighted by molar-refractivity contribution is -0.135. The van der Waals surface area contributed by atoms with Crippen molar-refractivity contribution in [3.63, 3.8) is 0 Å². The topological polar surface area (TPSA) is 67.9 Å². The Bertz CT molecular complexity index is 331. The molecule has 0 unspecified atom stereocenters. The molecule has 2 heterocycles. The second-order valence-electron chi connectivity index (χ2n) is 4.42. The van der Waals surface area contributed by atoms with Crippen molar-refractivity contribution >= 4 is 24.6 Å². The highest BCUT2D eigenvalue weighted by atomic mass is 32.1. The van der Waals surface area contributed by atoms with Crippen molar-refractivity contribution in [2.45, 2.75) is 18.4 Å². The zero-order valence-electron chi connectivity index (χ0n) is 10.2. The first-order chi connectivity index (χ1) is 8.69. The number of nitrogens with one attached hydrogen (secondary N) is 1. The first-order valence-corrected chi connectivity index (χ1v) is 6.73. The minimum absolute atomic E-state index is 0.148. The van der Waals surface area contributed by atoms with Gasteiger partial charge in [-0.25, -0.2) is 4.79 Å². The summed E-state index contributed by atoms with van der Waals surface area (Å²) in [5.41, 5.74) is -0.737. The number of thiol groups is 1. The minimum atomic E-state index is -0.737. The van der Waals surface area contributed by atoms with Gasteiger partial charge in [-0.2, -0.15) is 12.6 Å². The van der Waals surface area contributed by atoms with E-state index in [1.807, 2.05) is 0 Å². The predicted molar refractivity (Wildman–Crippen MR) is 67.7 cm³/mol. The molecule has 2 aliphatic rings. The zero-order chi connectivity index (χ0) is 13.0. The van der Waals surface area contributed by atoms with Crippen LogP contribution in [0, 0.1) is 0 Å². The molecule has 0 bridgehead atoms. The van der Waals surface area contributed by atoms with Crippen molar-refractivity contribution in [3.8, 4) is 0 Å². The molecule has 0 radical (unpaired) electrons. The van der Waals surface area contributed by atoms with Crippen molar-refractivity contribution in [1.29, 1.82) is 0 Å². The Morgan fingerprint density at radius 2 is 2.06 bits per heavy atom. The molecule has 0 aromatic carbocycles. The molecular formula is C11H18N2O4S. The number of carbonyl (C=O) groups excluding carboxylic acids is 2. The predicted octanol–water partition coefficient (Wildman–Crippen LogP) is 0.0338. The summed E-state index contributed by atoms with van der Waals surface area (Å²) >= 11 is 4.02. The van der Waals surface area contributed by atoms with Gasteiger partial charge in [0.25, 0.3) is 5.91 Å². The number of carbonyl (C=O) groups is 2. The van der Waals surface area contributed by atoms with Crippen LogP contribution < -0.4 is 5.32 Å². The normalized spacial score (nSPS) is 22.6. The summed E-state index contributed by atoms with van der Waals surface area (Å²) in [5.74, 6) is 0.479. The summed E-state index contributed by atoms with van der Waals surface area (Å²) < 4.78 is 10.5. The first-order valence-electron chi connectivity index (χ1n) is 6.10. The monoisotopic (exact) mass is 274 g/mol. The Morgan fingerprint density at radius 3 is 2.72 bits per heavy atom. The average Bonchev–Trinajstić information content (AvgIpc) is 2.59. The lowest BCUT2D eigenvalue weighted by atomic mass is 9.90. The molecule has 0 aromatic heterocycles. The average molecular weight is 274 g/mol. The fraction of sp³-hybridized carbons (Fsp3) is 0.818. The summed E-state index contributed by atoms with van der Waals surface area (Å²) in [5, 5.41) is 2.80. The standard InChI is InChI=1S/C11H18N2O4S/c14-9-11(1-4-16-5-2-11)12-10(15)13(9)3-6-17-7-8-18/h18H,1-8H2,(H,12,15). The van der Waals surface area contributed by atoms with E-state index in [1.54, 1.807) is 0 Å². The maximum atomic E-state index is 12.3. The second-order valence-corrected chi connectivity index (χ2v) is 4.86. The number of imide groups is 1. The van der Waals surface area contributed by atoms with Gasteiger partial charge >= 0.3 is 6.03 Å². The molecule has 18 heavy (non-hydrogen) atoms. The number of urea groups is 1. The van der Waals surface area contributed by atoms with Crippen molar-refractivity contribution in [1.82, 2.24) is 10.2 Å². The van der Waals surface area contributed by atoms with Gasteiger partial charge in [0, 0.05) is 31.8 Å². The molecule has 0 atom stereocenters. The molecule has 102 valence electrons. The highest BCUT2D eigenvalue weighted by molar-refractivity contribution is 7.80. The van der Waals surface area contributed by atoms with Gasteiger partial charge in [0.1, 0.15) is 5.54 Å². The summed E-state index contributed by atoms with van der Waals surface area (Å²) in [6.07, 6.45) is 1.09. The van der Waals surface area contributed by atoms with Crippen LogP contribution in [0.25, 0.3) is 0 Å². The maximum absolute atomic E-state index is 12.3. The first kappa shape index (κ1) is 13.6. The third kappa shape index (κ3) is 2.62. The van der Waals surface area contributed by atoms with Crippen LogP contribution in [0.5, 0.6) is 0 Å². The Labute approximate surface area is 111 Å². The third-order valence-corrected chi connectivity index (χ3v) is 3.47. The molecule has 0 aromatic rings. The van der Waals surface area contributed by atoms with E-state index >= 15 is 0 Å². The van der Waals surface area contributed by atoms with E-state index in [0.717, 1.165) is 0 Å². The molecule has 2 aliphatic heterocycles. The SMILES string of the molecule is O=C1NC2(CCOCC2)C(=O)N1CCOCCS. The third-order valence-electron chi connectivity index (χ3n) is 3.29. The highest BCUT2D eigenvalue weighted by Gasteiger charge is 2.51.